The van der Waals surface area contributed by atoms with Crippen molar-refractivity contribution in [2.75, 3.05) is 5.32 Å². The van der Waals surface area contributed by atoms with E-state index in [1.807, 2.05) is 0 Å². The highest BCUT2D eigenvalue weighted by Gasteiger charge is 2.59. The minimum atomic E-state index is -4.74. The van der Waals surface area contributed by atoms with Gasteiger partial charge in [-0.25, -0.2) is 0 Å². The van der Waals surface area contributed by atoms with Crippen molar-refractivity contribution in [2.45, 2.75) is 50.5 Å². The normalized spacial score (nSPS) is 27.1. The number of carbonyl (C=O) groups excluding carboxylic acids is 1. The SMILES string of the molecule is CCC[C@@H]1O[C@](C=CC2CC2)(C(F)(F)F)c2cc(Cl)ccc2NC1=O. The Labute approximate surface area is 149 Å². The molecule has 2 aliphatic rings. The molecule has 136 valence electrons. The van der Waals surface area contributed by atoms with E-state index in [1.54, 1.807) is 6.92 Å². The number of allylic oxidation sites excluding steroid dienone is 1. The highest BCUT2D eigenvalue weighted by Crippen LogP contribution is 2.50. The zero-order valence-electron chi connectivity index (χ0n) is 13.7. The topological polar surface area (TPSA) is 38.3 Å². The van der Waals surface area contributed by atoms with Crippen molar-refractivity contribution < 1.29 is 22.7 Å². The van der Waals surface area contributed by atoms with Crippen LogP contribution in [0.4, 0.5) is 18.9 Å². The summed E-state index contributed by atoms with van der Waals surface area (Å²) in [5, 5.41) is 2.71. The molecule has 1 aromatic rings. The van der Waals surface area contributed by atoms with Crippen LogP contribution in [0.5, 0.6) is 0 Å². The summed E-state index contributed by atoms with van der Waals surface area (Å²) in [6.45, 7) is 1.79. The summed E-state index contributed by atoms with van der Waals surface area (Å²) in [5.41, 5.74) is -2.81. The van der Waals surface area contributed by atoms with E-state index >= 15 is 0 Å². The summed E-state index contributed by atoms with van der Waals surface area (Å²) in [4.78, 5) is 12.4. The Balaban J connectivity index is 2.19. The van der Waals surface area contributed by atoms with E-state index in [0.717, 1.165) is 18.9 Å². The molecule has 0 saturated heterocycles. The van der Waals surface area contributed by atoms with Crippen molar-refractivity contribution in [1.29, 1.82) is 0 Å². The standard InChI is InChI=1S/C18H19ClF3NO2/c1-2-3-15-16(24)23-14-7-6-12(19)10-13(14)17(25-15,18(20,21)22)9-8-11-4-5-11/h6-11,15H,2-5H2,1H3,(H,23,24)/t15-,17-/m0/s1. The number of amides is 1. The molecule has 0 radical (unpaired) electrons. The van der Waals surface area contributed by atoms with Gasteiger partial charge in [0.2, 0.25) is 5.60 Å². The van der Waals surface area contributed by atoms with Gasteiger partial charge in [-0.05, 0) is 49.5 Å². The first kappa shape index (κ1) is 18.3. The van der Waals surface area contributed by atoms with E-state index in [4.69, 9.17) is 16.3 Å². The second-order valence-corrected chi connectivity index (χ2v) is 6.94. The first-order chi connectivity index (χ1) is 11.8. The molecule has 2 atom stereocenters. The number of benzene rings is 1. The molecule has 0 aromatic heterocycles. The maximum Gasteiger partial charge on any atom is 0.425 e. The molecule has 7 heteroatoms. The maximum absolute atomic E-state index is 14.2. The monoisotopic (exact) mass is 373 g/mol. The lowest BCUT2D eigenvalue weighted by Gasteiger charge is -2.35. The quantitative estimate of drug-likeness (QED) is 0.736. The molecule has 1 saturated carbocycles. The minimum absolute atomic E-state index is 0.0748. The molecule has 0 bridgehead atoms. The van der Waals surface area contributed by atoms with Gasteiger partial charge in [0.15, 0.2) is 0 Å². The van der Waals surface area contributed by atoms with Crippen LogP contribution in [0.2, 0.25) is 5.02 Å². The largest absolute Gasteiger partial charge is 0.425 e. The minimum Gasteiger partial charge on any atom is -0.344 e. The number of anilines is 1. The second-order valence-electron chi connectivity index (χ2n) is 6.50. The first-order valence-corrected chi connectivity index (χ1v) is 8.69. The van der Waals surface area contributed by atoms with Crippen LogP contribution in [0.15, 0.2) is 30.4 Å². The van der Waals surface area contributed by atoms with Crippen molar-refractivity contribution >= 4 is 23.2 Å². The predicted octanol–water partition coefficient (Wildman–Crippen LogP) is 5.20. The highest BCUT2D eigenvalue weighted by atomic mass is 35.5. The molecule has 25 heavy (non-hydrogen) atoms. The third-order valence-corrected chi connectivity index (χ3v) is 4.69. The van der Waals surface area contributed by atoms with Crippen LogP contribution in [0.3, 0.4) is 0 Å². The molecule has 1 aliphatic carbocycles. The predicted molar refractivity (Wildman–Crippen MR) is 89.5 cm³/mol. The number of hydrogen-bond acceptors (Lipinski definition) is 2. The van der Waals surface area contributed by atoms with Crippen molar-refractivity contribution in [3.8, 4) is 0 Å². The second kappa shape index (κ2) is 6.65. The number of carbonyl (C=O) groups is 1. The summed E-state index contributed by atoms with van der Waals surface area (Å²) in [5.74, 6) is -0.446. The molecule has 1 fully saturated rings. The van der Waals surface area contributed by atoms with Crippen molar-refractivity contribution in [2.24, 2.45) is 5.92 Å². The number of alkyl halides is 3. The lowest BCUT2D eigenvalue weighted by molar-refractivity contribution is -0.273. The summed E-state index contributed by atoms with van der Waals surface area (Å²) in [7, 11) is 0. The van der Waals surface area contributed by atoms with Crippen molar-refractivity contribution in [3.05, 3.63) is 40.9 Å². The number of rotatable bonds is 4. The van der Waals surface area contributed by atoms with Crippen LogP contribution in [0.1, 0.15) is 38.2 Å². The van der Waals surface area contributed by atoms with Gasteiger partial charge in [0.05, 0.1) is 0 Å². The maximum atomic E-state index is 14.2. The average Bonchev–Trinajstić information content (AvgIpc) is 3.35. The Morgan fingerprint density at radius 2 is 2.12 bits per heavy atom. The zero-order valence-corrected chi connectivity index (χ0v) is 14.5. The lowest BCUT2D eigenvalue weighted by atomic mass is 9.90. The summed E-state index contributed by atoms with van der Waals surface area (Å²) in [6, 6.07) is 4.06. The highest BCUT2D eigenvalue weighted by molar-refractivity contribution is 6.30. The molecule has 1 N–H and O–H groups in total. The molecular weight excluding hydrogens is 355 g/mol. The molecule has 1 heterocycles. The van der Waals surface area contributed by atoms with E-state index in [1.165, 1.54) is 24.3 Å². The number of halogens is 4. The summed E-state index contributed by atoms with van der Waals surface area (Å²) < 4.78 is 48.2. The number of hydrogen-bond donors (Lipinski definition) is 1. The Morgan fingerprint density at radius 1 is 1.40 bits per heavy atom. The third kappa shape index (κ3) is 3.55. The van der Waals surface area contributed by atoms with Gasteiger partial charge in [-0.1, -0.05) is 31.0 Å². The van der Waals surface area contributed by atoms with Crippen molar-refractivity contribution in [1.82, 2.24) is 0 Å². The van der Waals surface area contributed by atoms with Crippen LogP contribution >= 0.6 is 11.6 Å². The van der Waals surface area contributed by atoms with E-state index in [-0.39, 0.29) is 28.6 Å². The van der Waals surface area contributed by atoms with E-state index in [9.17, 15) is 18.0 Å². The fourth-order valence-corrected chi connectivity index (χ4v) is 3.12. The van der Waals surface area contributed by atoms with Crippen molar-refractivity contribution in [3.63, 3.8) is 0 Å². The average molecular weight is 374 g/mol. The number of nitrogens with one attached hydrogen (secondary N) is 1. The molecular formula is C18H19ClF3NO2. The van der Waals surface area contributed by atoms with Gasteiger partial charge in [0.1, 0.15) is 6.10 Å². The fourth-order valence-electron chi connectivity index (χ4n) is 2.94. The molecule has 0 unspecified atom stereocenters. The van der Waals surface area contributed by atoms with Gasteiger partial charge in [0, 0.05) is 16.3 Å². The van der Waals surface area contributed by atoms with Crippen LogP contribution in [0, 0.1) is 5.92 Å². The molecule has 3 nitrogen and oxygen atoms in total. The number of ether oxygens (including phenoxy) is 1. The van der Waals surface area contributed by atoms with Gasteiger partial charge in [0.25, 0.3) is 5.91 Å². The molecule has 0 spiro atoms. The third-order valence-electron chi connectivity index (χ3n) is 4.46. The smallest absolute Gasteiger partial charge is 0.344 e. The van der Waals surface area contributed by atoms with Gasteiger partial charge in [-0.2, -0.15) is 13.2 Å². The van der Waals surface area contributed by atoms with Gasteiger partial charge in [-0.3, -0.25) is 4.79 Å². The number of fused-ring (bicyclic) bond motifs is 1. The Kier molecular flexibility index (Phi) is 4.86. The van der Waals surface area contributed by atoms with Gasteiger partial charge < -0.3 is 10.1 Å². The zero-order chi connectivity index (χ0) is 18.2. The van der Waals surface area contributed by atoms with Crippen LogP contribution < -0.4 is 5.32 Å². The van der Waals surface area contributed by atoms with E-state index in [2.05, 4.69) is 5.32 Å². The molecule has 1 aromatic carbocycles. The van der Waals surface area contributed by atoms with Crippen LogP contribution in [0.25, 0.3) is 0 Å². The molecule has 1 aliphatic heterocycles. The van der Waals surface area contributed by atoms with E-state index < -0.39 is 23.8 Å². The van der Waals surface area contributed by atoms with E-state index in [0.29, 0.717) is 6.42 Å². The summed E-state index contributed by atoms with van der Waals surface area (Å²) >= 11 is 5.96. The van der Waals surface area contributed by atoms with Crippen LogP contribution in [-0.4, -0.2) is 18.2 Å². The summed E-state index contributed by atoms with van der Waals surface area (Å²) in [6.07, 6.45) is -0.889. The fraction of sp³-hybridized carbons (Fsp3) is 0.500. The lowest BCUT2D eigenvalue weighted by Crippen LogP contribution is -2.46. The molecule has 1 amide bonds. The molecule has 3 rings (SSSR count). The Hall–Kier alpha value is -1.53. The van der Waals surface area contributed by atoms with Gasteiger partial charge in [-0.15, -0.1) is 0 Å². The Morgan fingerprint density at radius 3 is 2.72 bits per heavy atom. The van der Waals surface area contributed by atoms with Crippen LogP contribution in [-0.2, 0) is 15.1 Å². The first-order valence-electron chi connectivity index (χ1n) is 8.31. The van der Waals surface area contributed by atoms with Gasteiger partial charge >= 0.3 is 6.18 Å². The Bertz CT molecular complexity index is 700.